The SMILES string of the molecule is CON1CCC2(CC1)CC(=O)C(c1c(C)cc(C)cc1C)=C2O. The average molecular weight is 315 g/mol. The van der Waals surface area contributed by atoms with Crippen molar-refractivity contribution in [1.82, 2.24) is 5.06 Å². The number of ketones is 1. The lowest BCUT2D eigenvalue weighted by molar-refractivity contribution is -0.158. The first-order valence-corrected chi connectivity index (χ1v) is 8.22. The van der Waals surface area contributed by atoms with Crippen LogP contribution in [0, 0.1) is 26.2 Å². The highest BCUT2D eigenvalue weighted by Crippen LogP contribution is 2.50. The van der Waals surface area contributed by atoms with Gasteiger partial charge in [-0.2, -0.15) is 5.06 Å². The van der Waals surface area contributed by atoms with Crippen LogP contribution in [0.1, 0.15) is 41.5 Å². The van der Waals surface area contributed by atoms with E-state index in [0.29, 0.717) is 17.8 Å². The van der Waals surface area contributed by atoms with Gasteiger partial charge in [0.05, 0.1) is 12.7 Å². The van der Waals surface area contributed by atoms with Crippen molar-refractivity contribution >= 4 is 11.4 Å². The molecule has 0 atom stereocenters. The minimum absolute atomic E-state index is 0.0726. The van der Waals surface area contributed by atoms with Crippen molar-refractivity contribution in [3.63, 3.8) is 0 Å². The van der Waals surface area contributed by atoms with Crippen LogP contribution in [0.25, 0.3) is 5.57 Å². The van der Waals surface area contributed by atoms with E-state index in [1.807, 2.05) is 18.9 Å². The van der Waals surface area contributed by atoms with Crippen molar-refractivity contribution in [1.29, 1.82) is 0 Å². The van der Waals surface area contributed by atoms with E-state index in [1.54, 1.807) is 7.11 Å². The number of piperidine rings is 1. The van der Waals surface area contributed by atoms with E-state index in [4.69, 9.17) is 4.84 Å². The number of nitrogens with zero attached hydrogens (tertiary/aromatic N) is 1. The van der Waals surface area contributed by atoms with Gasteiger partial charge in [-0.3, -0.25) is 4.79 Å². The summed E-state index contributed by atoms with van der Waals surface area (Å²) in [6.07, 6.45) is 1.93. The van der Waals surface area contributed by atoms with Gasteiger partial charge in [0.1, 0.15) is 5.76 Å². The number of hydroxylamine groups is 2. The summed E-state index contributed by atoms with van der Waals surface area (Å²) in [5.74, 6) is 0.372. The lowest BCUT2D eigenvalue weighted by atomic mass is 9.77. The number of rotatable bonds is 2. The van der Waals surface area contributed by atoms with Gasteiger partial charge in [0, 0.05) is 24.9 Å². The van der Waals surface area contributed by atoms with Crippen LogP contribution < -0.4 is 0 Å². The fraction of sp³-hybridized carbons (Fsp3) is 0.526. The first-order valence-electron chi connectivity index (χ1n) is 8.22. The first-order chi connectivity index (χ1) is 10.9. The van der Waals surface area contributed by atoms with Gasteiger partial charge in [-0.15, -0.1) is 0 Å². The number of Topliss-reactive ketones (excluding diaryl/α,β-unsaturated/α-hetero) is 1. The highest BCUT2D eigenvalue weighted by Gasteiger charge is 2.48. The van der Waals surface area contributed by atoms with E-state index in [-0.39, 0.29) is 5.78 Å². The van der Waals surface area contributed by atoms with Crippen LogP contribution in [0.4, 0.5) is 0 Å². The molecule has 124 valence electrons. The number of aryl methyl sites for hydroxylation is 3. The lowest BCUT2D eigenvalue weighted by Crippen LogP contribution is -2.39. The topological polar surface area (TPSA) is 49.8 Å². The largest absolute Gasteiger partial charge is 0.511 e. The van der Waals surface area contributed by atoms with Crippen molar-refractivity contribution in [2.45, 2.75) is 40.0 Å². The van der Waals surface area contributed by atoms with Gasteiger partial charge in [0.2, 0.25) is 0 Å². The molecule has 0 amide bonds. The number of carbonyl (C=O) groups excluding carboxylic acids is 1. The Bertz CT molecular complexity index is 659. The lowest BCUT2D eigenvalue weighted by Gasteiger charge is -2.37. The Kier molecular flexibility index (Phi) is 4.07. The standard InChI is InChI=1S/C19H25NO3/c1-12-9-13(2)16(14(3)10-12)17-15(21)11-19(18(17)22)5-7-20(23-4)8-6-19/h9-10,22H,5-8,11H2,1-4H3. The number of hydrogen-bond donors (Lipinski definition) is 1. The monoisotopic (exact) mass is 315 g/mol. The second-order valence-corrected chi connectivity index (χ2v) is 6.99. The molecule has 0 bridgehead atoms. The molecule has 0 saturated carbocycles. The maximum absolute atomic E-state index is 12.7. The molecule has 1 aliphatic heterocycles. The van der Waals surface area contributed by atoms with Crippen LogP contribution in [0.15, 0.2) is 17.9 Å². The van der Waals surface area contributed by atoms with Gasteiger partial charge in [0.25, 0.3) is 0 Å². The maximum atomic E-state index is 12.7. The molecule has 1 fully saturated rings. The van der Waals surface area contributed by atoms with Gasteiger partial charge in [-0.1, -0.05) is 17.7 Å². The van der Waals surface area contributed by atoms with Gasteiger partial charge in [0.15, 0.2) is 5.78 Å². The van der Waals surface area contributed by atoms with E-state index < -0.39 is 5.41 Å². The predicted octanol–water partition coefficient (Wildman–Crippen LogP) is 3.50. The molecule has 1 aromatic rings. The van der Waals surface area contributed by atoms with Crippen molar-refractivity contribution in [3.05, 3.63) is 40.1 Å². The Labute approximate surface area is 137 Å². The molecular weight excluding hydrogens is 290 g/mol. The van der Waals surface area contributed by atoms with E-state index in [1.165, 1.54) is 5.56 Å². The summed E-state index contributed by atoms with van der Waals surface area (Å²) < 4.78 is 0. The zero-order valence-electron chi connectivity index (χ0n) is 14.4. The first kappa shape index (κ1) is 16.2. The fourth-order valence-electron chi connectivity index (χ4n) is 4.22. The summed E-state index contributed by atoms with van der Waals surface area (Å²) in [6.45, 7) is 7.57. The average Bonchev–Trinajstić information content (AvgIpc) is 2.72. The number of aliphatic hydroxyl groups is 1. The van der Waals surface area contributed by atoms with Crippen LogP contribution in [-0.2, 0) is 9.63 Å². The zero-order valence-corrected chi connectivity index (χ0v) is 14.4. The molecule has 2 aliphatic rings. The predicted molar refractivity (Wildman–Crippen MR) is 90.1 cm³/mol. The molecule has 0 unspecified atom stereocenters. The molecule has 4 heteroatoms. The van der Waals surface area contributed by atoms with Crippen LogP contribution in [-0.4, -0.2) is 36.2 Å². The van der Waals surface area contributed by atoms with Crippen LogP contribution >= 0.6 is 0 Å². The summed E-state index contributed by atoms with van der Waals surface area (Å²) >= 11 is 0. The molecule has 1 heterocycles. The van der Waals surface area contributed by atoms with Crippen molar-refractivity contribution in [2.24, 2.45) is 5.41 Å². The van der Waals surface area contributed by atoms with Crippen LogP contribution in [0.3, 0.4) is 0 Å². The zero-order chi connectivity index (χ0) is 16.8. The molecular formula is C19H25NO3. The van der Waals surface area contributed by atoms with Gasteiger partial charge in [-0.25, -0.2) is 0 Å². The number of allylic oxidation sites excluding steroid dienone is 2. The smallest absolute Gasteiger partial charge is 0.167 e. The number of hydrogen-bond acceptors (Lipinski definition) is 4. The Morgan fingerprint density at radius 1 is 1.13 bits per heavy atom. The Hall–Kier alpha value is -1.65. The molecule has 1 N–H and O–H groups in total. The normalized spacial score (nSPS) is 21.5. The van der Waals surface area contributed by atoms with E-state index >= 15 is 0 Å². The summed E-state index contributed by atoms with van der Waals surface area (Å²) in [5.41, 5.74) is 4.37. The number of carbonyl (C=O) groups is 1. The van der Waals surface area contributed by atoms with E-state index in [9.17, 15) is 9.90 Å². The highest BCUT2D eigenvalue weighted by atomic mass is 16.7. The fourth-order valence-corrected chi connectivity index (χ4v) is 4.22. The molecule has 1 aliphatic carbocycles. The number of aliphatic hydroxyl groups excluding tert-OH is 1. The van der Waals surface area contributed by atoms with Crippen LogP contribution in [0.5, 0.6) is 0 Å². The third kappa shape index (κ3) is 2.60. The molecule has 0 radical (unpaired) electrons. The molecule has 1 saturated heterocycles. The summed E-state index contributed by atoms with van der Waals surface area (Å²) in [4.78, 5) is 18.0. The quantitative estimate of drug-likeness (QED) is 0.907. The van der Waals surface area contributed by atoms with E-state index in [0.717, 1.165) is 42.6 Å². The van der Waals surface area contributed by atoms with E-state index in [2.05, 4.69) is 19.1 Å². The van der Waals surface area contributed by atoms with Gasteiger partial charge in [-0.05, 0) is 50.3 Å². The van der Waals surface area contributed by atoms with Crippen molar-refractivity contribution in [3.8, 4) is 0 Å². The third-order valence-corrected chi connectivity index (χ3v) is 5.38. The minimum Gasteiger partial charge on any atom is -0.511 e. The van der Waals surface area contributed by atoms with Crippen LogP contribution in [0.2, 0.25) is 0 Å². The maximum Gasteiger partial charge on any atom is 0.167 e. The third-order valence-electron chi connectivity index (χ3n) is 5.38. The molecule has 4 nitrogen and oxygen atoms in total. The molecule has 1 aromatic carbocycles. The Morgan fingerprint density at radius 3 is 2.22 bits per heavy atom. The Morgan fingerprint density at radius 2 is 1.70 bits per heavy atom. The molecule has 3 rings (SSSR count). The van der Waals surface area contributed by atoms with Gasteiger partial charge >= 0.3 is 0 Å². The van der Waals surface area contributed by atoms with Gasteiger partial charge < -0.3 is 9.94 Å². The molecule has 1 spiro atoms. The highest BCUT2D eigenvalue weighted by molar-refractivity contribution is 6.24. The summed E-state index contributed by atoms with van der Waals surface area (Å²) in [5, 5.41) is 12.9. The number of benzene rings is 1. The second kappa shape index (κ2) is 5.77. The molecule has 23 heavy (non-hydrogen) atoms. The summed E-state index contributed by atoms with van der Waals surface area (Å²) in [7, 11) is 1.66. The van der Waals surface area contributed by atoms with Crippen molar-refractivity contribution in [2.75, 3.05) is 20.2 Å². The molecule has 0 aromatic heterocycles. The summed E-state index contributed by atoms with van der Waals surface area (Å²) in [6, 6.07) is 4.16. The second-order valence-electron chi connectivity index (χ2n) is 6.99. The minimum atomic E-state index is -0.398. The van der Waals surface area contributed by atoms with Crippen molar-refractivity contribution < 1.29 is 14.7 Å². The Balaban J connectivity index is 2.04.